The maximum absolute atomic E-state index is 12.6. The maximum Gasteiger partial charge on any atom is 0.319 e. The highest BCUT2D eigenvalue weighted by molar-refractivity contribution is 5.74. The molecule has 0 N–H and O–H groups in total. The predicted molar refractivity (Wildman–Crippen MR) is 99.3 cm³/mol. The highest BCUT2D eigenvalue weighted by Crippen LogP contribution is 2.10. The number of piperazine rings is 1. The van der Waals surface area contributed by atoms with Crippen molar-refractivity contribution in [3.63, 3.8) is 0 Å². The number of hydrogen-bond acceptors (Lipinski definition) is 3. The summed E-state index contributed by atoms with van der Waals surface area (Å²) in [6.07, 6.45) is 4.45. The largest absolute Gasteiger partial charge is 0.327 e. The Hall–Kier alpha value is -2.40. The zero-order valence-electron chi connectivity index (χ0n) is 14.8. The second kappa shape index (κ2) is 8.62. The van der Waals surface area contributed by atoms with Crippen molar-refractivity contribution in [1.82, 2.24) is 19.7 Å². The molecule has 0 atom stereocenters. The molecule has 132 valence electrons. The Bertz CT molecular complexity index is 654. The van der Waals surface area contributed by atoms with Gasteiger partial charge in [0.25, 0.3) is 0 Å². The molecule has 1 aromatic carbocycles. The highest BCUT2D eigenvalue weighted by atomic mass is 16.2. The number of urea groups is 1. The summed E-state index contributed by atoms with van der Waals surface area (Å²) in [6, 6.07) is 14.6. The van der Waals surface area contributed by atoms with Crippen LogP contribution in [0.2, 0.25) is 0 Å². The molecule has 5 nitrogen and oxygen atoms in total. The monoisotopic (exact) mass is 338 g/mol. The molecule has 2 amide bonds. The van der Waals surface area contributed by atoms with E-state index in [1.807, 2.05) is 35.0 Å². The molecule has 0 spiro atoms. The number of likely N-dealkylation sites (N-methyl/N-ethyl adjacent to an activating group) is 1. The van der Waals surface area contributed by atoms with Crippen molar-refractivity contribution in [1.29, 1.82) is 0 Å². The van der Waals surface area contributed by atoms with Crippen LogP contribution in [0.5, 0.6) is 0 Å². The number of aromatic nitrogens is 1. The first-order chi connectivity index (χ1) is 12.2. The molecule has 1 aromatic heterocycles. The number of benzene rings is 1. The Morgan fingerprint density at radius 3 is 2.36 bits per heavy atom. The number of amides is 2. The minimum absolute atomic E-state index is 0.133. The van der Waals surface area contributed by atoms with E-state index in [4.69, 9.17) is 0 Å². The first kappa shape index (κ1) is 17.4. The second-order valence-electron chi connectivity index (χ2n) is 6.56. The Balaban J connectivity index is 1.43. The van der Waals surface area contributed by atoms with Gasteiger partial charge in [0.2, 0.25) is 0 Å². The zero-order valence-corrected chi connectivity index (χ0v) is 14.8. The fourth-order valence-corrected chi connectivity index (χ4v) is 3.12. The molecular weight excluding hydrogens is 312 g/mol. The van der Waals surface area contributed by atoms with Crippen LogP contribution in [-0.4, -0.2) is 65.5 Å². The normalized spacial score (nSPS) is 15.2. The Morgan fingerprint density at radius 2 is 1.68 bits per heavy atom. The number of carbonyl (C=O) groups excluding carboxylic acids is 1. The van der Waals surface area contributed by atoms with Gasteiger partial charge in [-0.25, -0.2) is 4.79 Å². The number of nitrogens with zero attached hydrogens (tertiary/aromatic N) is 4. The molecule has 0 aliphatic carbocycles. The van der Waals surface area contributed by atoms with E-state index in [2.05, 4.69) is 34.1 Å². The third kappa shape index (κ3) is 5.03. The van der Waals surface area contributed by atoms with Gasteiger partial charge in [-0.3, -0.25) is 9.88 Å². The summed E-state index contributed by atoms with van der Waals surface area (Å²) in [4.78, 5) is 22.8. The van der Waals surface area contributed by atoms with E-state index in [9.17, 15) is 4.79 Å². The van der Waals surface area contributed by atoms with E-state index in [1.165, 1.54) is 11.1 Å². The smallest absolute Gasteiger partial charge is 0.319 e. The minimum atomic E-state index is 0.133. The predicted octanol–water partition coefficient (Wildman–Crippen LogP) is 2.49. The van der Waals surface area contributed by atoms with Gasteiger partial charge in [-0.2, -0.15) is 0 Å². The van der Waals surface area contributed by atoms with Crippen LogP contribution >= 0.6 is 0 Å². The van der Waals surface area contributed by atoms with Crippen LogP contribution in [-0.2, 0) is 13.0 Å². The van der Waals surface area contributed by atoms with Crippen LogP contribution in [0, 0.1) is 0 Å². The van der Waals surface area contributed by atoms with Crippen molar-refractivity contribution in [2.24, 2.45) is 0 Å². The molecule has 2 heterocycles. The van der Waals surface area contributed by atoms with E-state index in [-0.39, 0.29) is 6.03 Å². The van der Waals surface area contributed by atoms with Crippen LogP contribution in [0.3, 0.4) is 0 Å². The topological polar surface area (TPSA) is 39.7 Å². The molecule has 0 bridgehead atoms. The Morgan fingerprint density at radius 1 is 1.00 bits per heavy atom. The van der Waals surface area contributed by atoms with E-state index < -0.39 is 0 Å². The fourth-order valence-electron chi connectivity index (χ4n) is 3.12. The lowest BCUT2D eigenvalue weighted by Crippen LogP contribution is -2.52. The van der Waals surface area contributed by atoms with Crippen LogP contribution in [0.4, 0.5) is 4.79 Å². The number of hydrogen-bond donors (Lipinski definition) is 0. The first-order valence-electron chi connectivity index (χ1n) is 8.87. The summed E-state index contributed by atoms with van der Waals surface area (Å²) in [5.74, 6) is 0. The van der Waals surface area contributed by atoms with Gasteiger partial charge < -0.3 is 9.80 Å². The van der Waals surface area contributed by atoms with E-state index in [0.717, 1.165) is 45.7 Å². The summed E-state index contributed by atoms with van der Waals surface area (Å²) >= 11 is 0. The minimum Gasteiger partial charge on any atom is -0.327 e. The lowest BCUT2D eigenvalue weighted by atomic mass is 10.2. The standard InChI is InChI=1S/C20H26N4O/c1-22(12-9-18-7-10-21-11-8-18)20(25)24-15-13-23(14-16-24)17-19-5-3-2-4-6-19/h2-8,10-11H,9,12-17H2,1H3. The first-order valence-corrected chi connectivity index (χ1v) is 8.87. The molecule has 1 aliphatic heterocycles. The van der Waals surface area contributed by atoms with Crippen molar-refractivity contribution in [2.45, 2.75) is 13.0 Å². The van der Waals surface area contributed by atoms with Crippen molar-refractivity contribution in [2.75, 3.05) is 39.8 Å². The molecule has 1 saturated heterocycles. The molecule has 3 rings (SSSR count). The molecule has 0 saturated carbocycles. The molecular formula is C20H26N4O. The van der Waals surface area contributed by atoms with Crippen molar-refractivity contribution >= 4 is 6.03 Å². The average Bonchev–Trinajstić information content (AvgIpc) is 2.68. The van der Waals surface area contributed by atoms with Crippen LogP contribution in [0.1, 0.15) is 11.1 Å². The molecule has 25 heavy (non-hydrogen) atoms. The van der Waals surface area contributed by atoms with Gasteiger partial charge in [-0.1, -0.05) is 30.3 Å². The van der Waals surface area contributed by atoms with Crippen molar-refractivity contribution in [3.05, 3.63) is 66.0 Å². The van der Waals surface area contributed by atoms with Crippen LogP contribution < -0.4 is 0 Å². The molecule has 1 fully saturated rings. The third-order valence-electron chi connectivity index (χ3n) is 4.70. The van der Waals surface area contributed by atoms with Crippen LogP contribution in [0.15, 0.2) is 54.9 Å². The summed E-state index contributed by atoms with van der Waals surface area (Å²) < 4.78 is 0. The third-order valence-corrected chi connectivity index (χ3v) is 4.70. The molecule has 2 aromatic rings. The maximum atomic E-state index is 12.6. The second-order valence-corrected chi connectivity index (χ2v) is 6.56. The number of pyridine rings is 1. The Kier molecular flexibility index (Phi) is 6.01. The summed E-state index contributed by atoms with van der Waals surface area (Å²) in [6.45, 7) is 5.14. The van der Waals surface area contributed by atoms with Gasteiger partial charge in [0.1, 0.15) is 0 Å². The molecule has 1 aliphatic rings. The van der Waals surface area contributed by atoms with E-state index in [1.54, 1.807) is 12.4 Å². The van der Waals surface area contributed by atoms with Gasteiger partial charge in [0.05, 0.1) is 0 Å². The lowest BCUT2D eigenvalue weighted by molar-refractivity contribution is 0.115. The molecule has 0 unspecified atom stereocenters. The van der Waals surface area contributed by atoms with Crippen LogP contribution in [0.25, 0.3) is 0 Å². The van der Waals surface area contributed by atoms with Gasteiger partial charge in [-0.15, -0.1) is 0 Å². The Labute approximate surface area is 149 Å². The quantitative estimate of drug-likeness (QED) is 0.841. The molecule has 5 heteroatoms. The average molecular weight is 338 g/mol. The van der Waals surface area contributed by atoms with Gasteiger partial charge in [0, 0.05) is 58.7 Å². The van der Waals surface area contributed by atoms with E-state index in [0.29, 0.717) is 0 Å². The highest BCUT2D eigenvalue weighted by Gasteiger charge is 2.23. The van der Waals surface area contributed by atoms with Crippen molar-refractivity contribution in [3.8, 4) is 0 Å². The number of rotatable bonds is 5. The van der Waals surface area contributed by atoms with Gasteiger partial charge in [-0.05, 0) is 29.7 Å². The lowest BCUT2D eigenvalue weighted by Gasteiger charge is -2.36. The summed E-state index contributed by atoms with van der Waals surface area (Å²) in [5, 5.41) is 0. The summed E-state index contributed by atoms with van der Waals surface area (Å²) in [5.41, 5.74) is 2.54. The SMILES string of the molecule is CN(CCc1ccncc1)C(=O)N1CCN(Cc2ccccc2)CC1. The van der Waals surface area contributed by atoms with Gasteiger partial charge in [0.15, 0.2) is 0 Å². The summed E-state index contributed by atoms with van der Waals surface area (Å²) in [7, 11) is 1.89. The fraction of sp³-hybridized carbons (Fsp3) is 0.400. The van der Waals surface area contributed by atoms with E-state index >= 15 is 0 Å². The zero-order chi connectivity index (χ0) is 17.5. The molecule has 0 radical (unpaired) electrons. The van der Waals surface area contributed by atoms with Gasteiger partial charge >= 0.3 is 6.03 Å². The van der Waals surface area contributed by atoms with Crippen molar-refractivity contribution < 1.29 is 4.79 Å². The number of carbonyl (C=O) groups is 1.